The molecule has 2 N–H and O–H groups in total. The Bertz CT molecular complexity index is 1370. The van der Waals surface area contributed by atoms with Crippen molar-refractivity contribution in [3.63, 3.8) is 0 Å². The topological polar surface area (TPSA) is 88.4 Å². The number of benzene rings is 3. The summed E-state index contributed by atoms with van der Waals surface area (Å²) in [7, 11) is 0. The Morgan fingerprint density at radius 3 is 2.38 bits per heavy atom. The number of rotatable bonds is 5. The largest absolute Gasteiger partial charge is 0.329 e. The van der Waals surface area contributed by atoms with Crippen LogP contribution in [0.2, 0.25) is 10.0 Å². The zero-order valence-corrected chi connectivity index (χ0v) is 20.5. The molecule has 0 aliphatic rings. The fraction of sp³-hybridized carbons (Fsp3) is 0. The van der Waals surface area contributed by atoms with Crippen LogP contribution in [-0.4, -0.2) is 27.8 Å². The van der Waals surface area contributed by atoms with Gasteiger partial charge in [-0.1, -0.05) is 69.5 Å². The van der Waals surface area contributed by atoms with E-state index in [0.29, 0.717) is 22.0 Å². The Morgan fingerprint density at radius 1 is 0.941 bits per heavy atom. The number of para-hydroxylation sites is 1. The van der Waals surface area contributed by atoms with E-state index in [1.165, 1.54) is 24.4 Å². The molecule has 0 atom stereocenters. The Balaban J connectivity index is 1.52. The van der Waals surface area contributed by atoms with Crippen LogP contribution >= 0.6 is 39.1 Å². The summed E-state index contributed by atoms with van der Waals surface area (Å²) in [6, 6.07) is 21.8. The summed E-state index contributed by atoms with van der Waals surface area (Å²) in [5.74, 6) is -1.84. The van der Waals surface area contributed by atoms with Crippen LogP contribution in [0.4, 0.5) is 5.69 Å². The molecular weight excluding hydrogens is 541 g/mol. The van der Waals surface area contributed by atoms with Gasteiger partial charge in [-0.05, 0) is 42.5 Å². The Kier molecular flexibility index (Phi) is 7.42. The van der Waals surface area contributed by atoms with E-state index in [1.54, 1.807) is 10.9 Å². The van der Waals surface area contributed by atoms with Gasteiger partial charge in [0.15, 0.2) is 0 Å². The van der Waals surface area contributed by atoms with Gasteiger partial charge in [0.1, 0.15) is 5.69 Å². The highest BCUT2D eigenvalue weighted by Crippen LogP contribution is 2.25. The molecule has 3 aromatic carbocycles. The molecule has 2 amide bonds. The first kappa shape index (κ1) is 23.7. The first-order chi connectivity index (χ1) is 16.4. The lowest BCUT2D eigenvalue weighted by Crippen LogP contribution is -2.32. The van der Waals surface area contributed by atoms with E-state index in [9.17, 15) is 9.59 Å². The summed E-state index contributed by atoms with van der Waals surface area (Å²) >= 11 is 15.2. The zero-order valence-electron chi connectivity index (χ0n) is 17.4. The number of anilines is 1. The SMILES string of the molecule is O=C(N/N=C/c1cn(-c2ccccc2)nc1-c1ccc(Br)cc1)C(=O)Nc1ccc(Cl)c(Cl)c1. The molecule has 34 heavy (non-hydrogen) atoms. The summed E-state index contributed by atoms with van der Waals surface area (Å²) in [5, 5.41) is 11.7. The predicted molar refractivity (Wildman–Crippen MR) is 138 cm³/mol. The maximum atomic E-state index is 12.2. The zero-order chi connectivity index (χ0) is 24.1. The van der Waals surface area contributed by atoms with Crippen molar-refractivity contribution in [1.29, 1.82) is 0 Å². The van der Waals surface area contributed by atoms with Crippen LogP contribution in [0.25, 0.3) is 16.9 Å². The molecule has 0 fully saturated rings. The number of nitrogens with one attached hydrogen (secondary N) is 2. The fourth-order valence-electron chi connectivity index (χ4n) is 3.00. The van der Waals surface area contributed by atoms with Gasteiger partial charge >= 0.3 is 11.8 Å². The van der Waals surface area contributed by atoms with Gasteiger partial charge < -0.3 is 5.32 Å². The van der Waals surface area contributed by atoms with Crippen LogP contribution in [0.15, 0.2) is 88.6 Å². The maximum Gasteiger partial charge on any atom is 0.329 e. The highest BCUT2D eigenvalue weighted by molar-refractivity contribution is 9.10. The number of carbonyl (C=O) groups excluding carboxylic acids is 2. The van der Waals surface area contributed by atoms with Crippen molar-refractivity contribution in [2.24, 2.45) is 5.10 Å². The van der Waals surface area contributed by atoms with Gasteiger partial charge in [0.25, 0.3) is 0 Å². The molecule has 0 aliphatic heterocycles. The number of aromatic nitrogens is 2. The van der Waals surface area contributed by atoms with E-state index in [1.807, 2.05) is 54.6 Å². The standard InChI is InChI=1S/C24H16BrCl2N5O2/c25-17-8-6-15(7-9-17)22-16(14-32(31-22)19-4-2-1-3-5-19)13-28-30-24(34)23(33)29-18-10-11-20(26)21(27)12-18/h1-14H,(H,29,33)(H,30,34)/b28-13+. The number of carbonyl (C=O) groups is 2. The van der Waals surface area contributed by atoms with Crippen LogP contribution in [0, 0.1) is 0 Å². The lowest BCUT2D eigenvalue weighted by molar-refractivity contribution is -0.136. The molecule has 0 saturated carbocycles. The molecule has 0 spiro atoms. The van der Waals surface area contributed by atoms with E-state index in [0.717, 1.165) is 15.7 Å². The summed E-state index contributed by atoms with van der Waals surface area (Å²) in [6.45, 7) is 0. The van der Waals surface area contributed by atoms with Gasteiger partial charge in [0.05, 0.1) is 21.9 Å². The lowest BCUT2D eigenvalue weighted by atomic mass is 10.1. The van der Waals surface area contributed by atoms with Gasteiger partial charge in [0, 0.05) is 27.5 Å². The van der Waals surface area contributed by atoms with Crippen LogP contribution < -0.4 is 10.7 Å². The molecule has 7 nitrogen and oxygen atoms in total. The van der Waals surface area contributed by atoms with Crippen molar-refractivity contribution in [1.82, 2.24) is 15.2 Å². The van der Waals surface area contributed by atoms with Crippen molar-refractivity contribution in [3.05, 3.63) is 99.1 Å². The molecule has 1 aromatic heterocycles. The third kappa shape index (κ3) is 5.72. The molecule has 170 valence electrons. The van der Waals surface area contributed by atoms with Gasteiger partial charge in [0.2, 0.25) is 0 Å². The first-order valence-corrected chi connectivity index (χ1v) is 11.5. The smallest absolute Gasteiger partial charge is 0.318 e. The highest BCUT2D eigenvalue weighted by Gasteiger charge is 2.15. The van der Waals surface area contributed by atoms with Crippen molar-refractivity contribution in [3.8, 4) is 16.9 Å². The third-order valence-electron chi connectivity index (χ3n) is 4.63. The second kappa shape index (κ2) is 10.6. The van der Waals surface area contributed by atoms with Gasteiger partial charge in [-0.2, -0.15) is 10.2 Å². The second-order valence-electron chi connectivity index (χ2n) is 7.00. The van der Waals surface area contributed by atoms with Crippen molar-refractivity contribution >= 4 is 62.8 Å². The van der Waals surface area contributed by atoms with Crippen molar-refractivity contribution in [2.45, 2.75) is 0 Å². The quantitative estimate of drug-likeness (QED) is 0.188. The summed E-state index contributed by atoms with van der Waals surface area (Å²) < 4.78 is 2.66. The van der Waals surface area contributed by atoms with E-state index in [2.05, 4.69) is 36.9 Å². The molecule has 0 bridgehead atoms. The number of hydrazone groups is 1. The molecule has 0 unspecified atom stereocenters. The molecule has 4 rings (SSSR count). The lowest BCUT2D eigenvalue weighted by Gasteiger charge is -2.05. The van der Waals surface area contributed by atoms with Crippen molar-refractivity contribution in [2.75, 3.05) is 5.32 Å². The summed E-state index contributed by atoms with van der Waals surface area (Å²) in [5.41, 5.74) is 5.60. The van der Waals surface area contributed by atoms with E-state index >= 15 is 0 Å². The Morgan fingerprint density at radius 2 is 1.68 bits per heavy atom. The fourth-order valence-corrected chi connectivity index (χ4v) is 3.56. The minimum atomic E-state index is -0.942. The first-order valence-electron chi connectivity index (χ1n) is 9.91. The molecule has 10 heteroatoms. The van der Waals surface area contributed by atoms with Crippen LogP contribution in [0.5, 0.6) is 0 Å². The molecule has 4 aromatic rings. The normalized spacial score (nSPS) is 10.9. The monoisotopic (exact) mass is 555 g/mol. The number of halogens is 3. The summed E-state index contributed by atoms with van der Waals surface area (Å²) in [4.78, 5) is 24.4. The molecule has 0 radical (unpaired) electrons. The number of nitrogens with zero attached hydrogens (tertiary/aromatic N) is 3. The molecular formula is C24H16BrCl2N5O2. The van der Waals surface area contributed by atoms with Gasteiger partial charge in [-0.15, -0.1) is 0 Å². The molecule has 0 aliphatic carbocycles. The molecule has 1 heterocycles. The Hall–Kier alpha value is -3.46. The predicted octanol–water partition coefficient (Wildman–Crippen LogP) is 5.70. The Labute approximate surface area is 213 Å². The van der Waals surface area contributed by atoms with Gasteiger partial charge in [-0.25, -0.2) is 10.1 Å². The minimum absolute atomic E-state index is 0.258. The average Bonchev–Trinajstić information content (AvgIpc) is 3.26. The van der Waals surface area contributed by atoms with E-state index in [-0.39, 0.29) is 5.02 Å². The van der Waals surface area contributed by atoms with Gasteiger partial charge in [-0.3, -0.25) is 9.59 Å². The van der Waals surface area contributed by atoms with Crippen LogP contribution in [0.1, 0.15) is 5.56 Å². The number of hydrogen-bond acceptors (Lipinski definition) is 4. The third-order valence-corrected chi connectivity index (χ3v) is 5.90. The maximum absolute atomic E-state index is 12.2. The molecule has 0 saturated heterocycles. The van der Waals surface area contributed by atoms with E-state index < -0.39 is 11.8 Å². The minimum Gasteiger partial charge on any atom is -0.318 e. The van der Waals surface area contributed by atoms with E-state index in [4.69, 9.17) is 23.2 Å². The average molecular weight is 557 g/mol. The second-order valence-corrected chi connectivity index (χ2v) is 8.73. The van der Waals surface area contributed by atoms with Crippen LogP contribution in [0.3, 0.4) is 0 Å². The van der Waals surface area contributed by atoms with Crippen LogP contribution in [-0.2, 0) is 9.59 Å². The van der Waals surface area contributed by atoms with Crippen molar-refractivity contribution < 1.29 is 9.59 Å². The number of amides is 2. The summed E-state index contributed by atoms with van der Waals surface area (Å²) in [6.07, 6.45) is 3.23. The highest BCUT2D eigenvalue weighted by atomic mass is 79.9. The number of hydrogen-bond donors (Lipinski definition) is 2.